The number of hydrazone groups is 1. The Morgan fingerprint density at radius 2 is 2.14 bits per heavy atom. The van der Waals surface area contributed by atoms with E-state index in [0.29, 0.717) is 34.3 Å². The lowest BCUT2D eigenvalue weighted by Gasteiger charge is -2.11. The second-order valence-electron chi connectivity index (χ2n) is 5.58. The summed E-state index contributed by atoms with van der Waals surface area (Å²) in [5.74, 6) is 0.671. The van der Waals surface area contributed by atoms with E-state index < -0.39 is 5.91 Å². The van der Waals surface area contributed by atoms with Crippen molar-refractivity contribution in [3.8, 4) is 11.5 Å². The largest absolute Gasteiger partial charge is 0.493 e. The fourth-order valence-corrected chi connectivity index (χ4v) is 4.44. The summed E-state index contributed by atoms with van der Waals surface area (Å²) in [4.78, 5) is 12.3. The normalized spacial score (nSPS) is 11.2. The number of benzene rings is 2. The minimum Gasteiger partial charge on any atom is -0.493 e. The van der Waals surface area contributed by atoms with E-state index in [1.54, 1.807) is 18.2 Å². The molecule has 0 fully saturated rings. The second kappa shape index (κ2) is 9.15. The lowest BCUT2D eigenvalue weighted by molar-refractivity contribution is 0.0929. The molecule has 0 atom stereocenters. The van der Waals surface area contributed by atoms with E-state index in [0.717, 1.165) is 13.4 Å². The highest BCUT2D eigenvalue weighted by Gasteiger charge is 2.14. The van der Waals surface area contributed by atoms with Gasteiger partial charge in [-0.15, -0.1) is 0 Å². The van der Waals surface area contributed by atoms with Gasteiger partial charge in [-0.1, -0.05) is 27.5 Å². The Balaban J connectivity index is 1.76. The first kappa shape index (κ1) is 20.9. The maximum absolute atomic E-state index is 12.3. The number of carbonyl (C=O) groups excluding carboxylic acids is 1. The molecule has 1 amide bonds. The summed E-state index contributed by atoms with van der Waals surface area (Å²) >= 11 is 11.8. The van der Waals surface area contributed by atoms with Crippen LogP contribution in [0.15, 0.2) is 44.3 Å². The first-order valence-corrected chi connectivity index (χ1v) is 10.4. The summed E-state index contributed by atoms with van der Waals surface area (Å²) < 4.78 is 18.2. The number of ether oxygens (including phenoxy) is 2. The summed E-state index contributed by atoms with van der Waals surface area (Å²) in [6.45, 7) is 2.32. The molecule has 0 aliphatic carbocycles. The molecule has 0 aliphatic heterocycles. The second-order valence-corrected chi connectivity index (χ2v) is 8.07. The van der Waals surface area contributed by atoms with Crippen molar-refractivity contribution in [2.45, 2.75) is 6.92 Å². The van der Waals surface area contributed by atoms with Gasteiger partial charge in [0.15, 0.2) is 17.3 Å². The number of furan rings is 1. The van der Waals surface area contributed by atoms with E-state index in [1.807, 2.05) is 19.1 Å². The first-order valence-electron chi connectivity index (χ1n) is 8.15. The van der Waals surface area contributed by atoms with E-state index in [1.165, 1.54) is 13.3 Å². The zero-order valence-electron chi connectivity index (χ0n) is 14.9. The number of rotatable bonds is 6. The highest BCUT2D eigenvalue weighted by Crippen LogP contribution is 2.36. The average Bonchev–Trinajstić information content (AvgIpc) is 3.08. The Kier molecular flexibility index (Phi) is 6.84. The van der Waals surface area contributed by atoms with Crippen molar-refractivity contribution in [3.63, 3.8) is 0 Å². The predicted octanol–water partition coefficient (Wildman–Crippen LogP) is 5.62. The van der Waals surface area contributed by atoms with Gasteiger partial charge in [0.1, 0.15) is 5.58 Å². The molecule has 1 aromatic heterocycles. The number of hydrogen-bond donors (Lipinski definition) is 1. The Hall–Kier alpha value is -1.78. The Bertz CT molecular complexity index is 1070. The average molecular weight is 578 g/mol. The van der Waals surface area contributed by atoms with Crippen LogP contribution in [0, 0.1) is 3.57 Å². The molecule has 0 spiro atoms. The molecule has 0 aliphatic rings. The highest BCUT2D eigenvalue weighted by molar-refractivity contribution is 14.1. The number of nitrogens with zero attached hydrogens (tertiary/aromatic N) is 1. The summed E-state index contributed by atoms with van der Waals surface area (Å²) in [5.41, 5.74) is 3.75. The first-order chi connectivity index (χ1) is 13.4. The minimum absolute atomic E-state index is 0.172. The maximum atomic E-state index is 12.3. The minimum atomic E-state index is -0.455. The van der Waals surface area contributed by atoms with Gasteiger partial charge in [0.05, 0.1) is 28.5 Å². The van der Waals surface area contributed by atoms with Crippen molar-refractivity contribution in [2.24, 2.45) is 5.10 Å². The molecule has 0 radical (unpaired) electrons. The number of hydrogen-bond acceptors (Lipinski definition) is 5. The summed E-state index contributed by atoms with van der Waals surface area (Å²) in [7, 11) is 1.53. The van der Waals surface area contributed by atoms with Crippen molar-refractivity contribution in [1.82, 2.24) is 5.43 Å². The molecule has 3 aromatic rings. The molecule has 9 heteroatoms. The molecular formula is C19H15BrClIN2O4. The molecule has 146 valence electrons. The van der Waals surface area contributed by atoms with Crippen LogP contribution < -0.4 is 14.9 Å². The molecule has 0 bridgehead atoms. The third-order valence-electron chi connectivity index (χ3n) is 3.68. The van der Waals surface area contributed by atoms with Crippen molar-refractivity contribution in [2.75, 3.05) is 13.7 Å². The van der Waals surface area contributed by atoms with Crippen molar-refractivity contribution >= 4 is 73.2 Å². The van der Waals surface area contributed by atoms with Crippen LogP contribution in [-0.2, 0) is 0 Å². The molecule has 1 heterocycles. The number of halogens is 3. The zero-order valence-corrected chi connectivity index (χ0v) is 19.4. The number of amides is 1. The number of carbonyl (C=O) groups is 1. The molecule has 0 unspecified atom stereocenters. The van der Waals surface area contributed by atoms with E-state index >= 15 is 0 Å². The third kappa shape index (κ3) is 4.61. The van der Waals surface area contributed by atoms with E-state index in [-0.39, 0.29) is 5.76 Å². The number of nitrogens with one attached hydrogen (secondary N) is 1. The zero-order chi connectivity index (χ0) is 20.3. The fraction of sp³-hybridized carbons (Fsp3) is 0.158. The molecule has 2 aromatic carbocycles. The Morgan fingerprint density at radius 1 is 1.36 bits per heavy atom. The van der Waals surface area contributed by atoms with E-state index in [4.69, 9.17) is 25.5 Å². The topological polar surface area (TPSA) is 73.1 Å². The fourth-order valence-electron chi connectivity index (χ4n) is 2.51. The van der Waals surface area contributed by atoms with Crippen LogP contribution in [0.25, 0.3) is 11.0 Å². The monoisotopic (exact) mass is 576 g/mol. The smallest absolute Gasteiger partial charge is 0.307 e. The molecule has 0 saturated heterocycles. The number of fused-ring (bicyclic) bond motifs is 1. The van der Waals surface area contributed by atoms with Gasteiger partial charge < -0.3 is 13.9 Å². The van der Waals surface area contributed by atoms with Gasteiger partial charge in [-0.3, -0.25) is 4.79 Å². The van der Waals surface area contributed by atoms with Crippen LogP contribution in [0.5, 0.6) is 11.5 Å². The molecular weight excluding hydrogens is 562 g/mol. The van der Waals surface area contributed by atoms with Crippen LogP contribution in [0.2, 0.25) is 5.02 Å². The van der Waals surface area contributed by atoms with Crippen molar-refractivity contribution in [1.29, 1.82) is 0 Å². The van der Waals surface area contributed by atoms with Crippen LogP contribution in [0.4, 0.5) is 0 Å². The molecule has 3 rings (SSSR count). The van der Waals surface area contributed by atoms with Gasteiger partial charge in [0.25, 0.3) is 0 Å². The van der Waals surface area contributed by atoms with Gasteiger partial charge in [-0.05, 0) is 65.4 Å². The summed E-state index contributed by atoms with van der Waals surface area (Å²) in [6.07, 6.45) is 1.46. The molecule has 28 heavy (non-hydrogen) atoms. The van der Waals surface area contributed by atoms with Crippen molar-refractivity contribution < 1.29 is 18.7 Å². The standard InChI is InChI=1S/C19H15BrClIN2O4/c1-3-27-18-13(21)4-10(5-15(18)26-2)9-23-24-19(25)16-7-11-6-12(20)8-14(22)17(11)28-16/h4-9H,3H2,1-2H3,(H,24,25)/b23-9-. The molecule has 6 nitrogen and oxygen atoms in total. The lowest BCUT2D eigenvalue weighted by atomic mass is 10.2. The van der Waals surface area contributed by atoms with Crippen LogP contribution >= 0.6 is 50.1 Å². The SMILES string of the molecule is CCOc1c(Cl)cc(/C=N\NC(=O)c2cc3cc(Br)cc(I)c3o2)cc1OC. The van der Waals surface area contributed by atoms with Gasteiger partial charge in [-0.25, -0.2) is 5.43 Å². The van der Waals surface area contributed by atoms with Crippen LogP contribution in [0.1, 0.15) is 23.0 Å². The van der Waals surface area contributed by atoms with Crippen LogP contribution in [-0.4, -0.2) is 25.8 Å². The van der Waals surface area contributed by atoms with Crippen LogP contribution in [0.3, 0.4) is 0 Å². The van der Waals surface area contributed by atoms with Gasteiger partial charge in [0.2, 0.25) is 0 Å². The third-order valence-corrected chi connectivity index (χ3v) is 5.22. The quantitative estimate of drug-likeness (QED) is 0.234. The predicted molar refractivity (Wildman–Crippen MR) is 121 cm³/mol. The Labute approximate surface area is 188 Å². The van der Waals surface area contributed by atoms with Gasteiger partial charge in [0, 0.05) is 9.86 Å². The highest BCUT2D eigenvalue weighted by atomic mass is 127. The van der Waals surface area contributed by atoms with Gasteiger partial charge in [-0.2, -0.15) is 5.10 Å². The van der Waals surface area contributed by atoms with E-state index in [2.05, 4.69) is 49.0 Å². The lowest BCUT2D eigenvalue weighted by Crippen LogP contribution is -2.16. The summed E-state index contributed by atoms with van der Waals surface area (Å²) in [5, 5.41) is 5.19. The van der Waals surface area contributed by atoms with E-state index in [9.17, 15) is 4.79 Å². The number of methoxy groups -OCH3 is 1. The van der Waals surface area contributed by atoms with Crippen molar-refractivity contribution in [3.05, 3.63) is 54.7 Å². The Morgan fingerprint density at radius 3 is 2.86 bits per heavy atom. The summed E-state index contributed by atoms with van der Waals surface area (Å²) in [6, 6.07) is 8.85. The molecule has 0 saturated carbocycles. The van der Waals surface area contributed by atoms with Gasteiger partial charge >= 0.3 is 5.91 Å². The molecule has 1 N–H and O–H groups in total. The maximum Gasteiger partial charge on any atom is 0.307 e.